The van der Waals surface area contributed by atoms with E-state index in [4.69, 9.17) is 10.3 Å². The van der Waals surface area contributed by atoms with E-state index in [0.29, 0.717) is 0 Å². The maximum atomic E-state index is 10.4. The molecule has 0 fully saturated rings. The zero-order valence-corrected chi connectivity index (χ0v) is 6.90. The number of rotatable bonds is 3. The van der Waals surface area contributed by atoms with Gasteiger partial charge in [-0.2, -0.15) is 0 Å². The highest BCUT2D eigenvalue weighted by molar-refractivity contribution is 6.36. The van der Waals surface area contributed by atoms with E-state index in [0.717, 1.165) is 0 Å². The van der Waals surface area contributed by atoms with Crippen LogP contribution in [0.15, 0.2) is 5.16 Å². The number of carboxylic acid groups (broad SMARTS) is 1. The van der Waals surface area contributed by atoms with E-state index in [-0.39, 0.29) is 17.5 Å². The molecule has 0 saturated carbocycles. The number of nitrogens with zero attached hydrogens (tertiary/aromatic N) is 1. The second kappa shape index (κ2) is 3.95. The summed E-state index contributed by atoms with van der Waals surface area (Å²) in [4.78, 5) is 10.4. The van der Waals surface area contributed by atoms with Gasteiger partial charge < -0.3 is 10.3 Å². The molecular formula is C7H13NO3. The van der Waals surface area contributed by atoms with Gasteiger partial charge >= 0.3 is 5.97 Å². The largest absolute Gasteiger partial charge is 0.477 e. The second-order valence-corrected chi connectivity index (χ2v) is 2.82. The van der Waals surface area contributed by atoms with E-state index in [9.17, 15) is 4.79 Å². The molecule has 11 heavy (non-hydrogen) atoms. The molecule has 0 aliphatic heterocycles. The van der Waals surface area contributed by atoms with Crippen molar-refractivity contribution in [3.8, 4) is 0 Å². The Bertz CT molecular complexity index is 175. The van der Waals surface area contributed by atoms with Crippen molar-refractivity contribution in [1.82, 2.24) is 0 Å². The molecule has 0 radical (unpaired) electrons. The van der Waals surface area contributed by atoms with Crippen LogP contribution in [0.5, 0.6) is 0 Å². The number of carbonyl (C=O) groups is 1. The average Bonchev–Trinajstić information content (AvgIpc) is 1.88. The highest BCUT2D eigenvalue weighted by Gasteiger charge is 2.21. The van der Waals surface area contributed by atoms with Gasteiger partial charge in [0.2, 0.25) is 0 Å². The Morgan fingerprint density at radius 3 is 1.91 bits per heavy atom. The predicted molar refractivity (Wildman–Crippen MR) is 40.9 cm³/mol. The van der Waals surface area contributed by atoms with Gasteiger partial charge in [-0.3, -0.25) is 0 Å². The summed E-state index contributed by atoms with van der Waals surface area (Å²) in [5.74, 6) is -1.22. The highest BCUT2D eigenvalue weighted by atomic mass is 16.4. The normalized spacial score (nSPS) is 15.1. The summed E-state index contributed by atoms with van der Waals surface area (Å²) in [5.41, 5.74) is -0.181. The molecule has 0 saturated heterocycles. The van der Waals surface area contributed by atoms with Crippen LogP contribution in [-0.4, -0.2) is 22.0 Å². The Morgan fingerprint density at radius 2 is 1.82 bits per heavy atom. The number of aliphatic carboxylic acids is 1. The molecule has 0 rings (SSSR count). The minimum atomic E-state index is -1.16. The van der Waals surface area contributed by atoms with Crippen molar-refractivity contribution in [3.63, 3.8) is 0 Å². The number of hydrogen-bond acceptors (Lipinski definition) is 3. The summed E-state index contributed by atoms with van der Waals surface area (Å²) in [6, 6.07) is 0. The summed E-state index contributed by atoms with van der Waals surface area (Å²) in [7, 11) is 0. The standard InChI is InChI=1S/C7H13NO3/c1-4(2)5(3)6(8-11)7(9)10/h4-5,11H,1-3H3,(H,9,10)/b8-6-. The van der Waals surface area contributed by atoms with Gasteiger partial charge in [0.25, 0.3) is 0 Å². The van der Waals surface area contributed by atoms with Crippen LogP contribution in [0.25, 0.3) is 0 Å². The van der Waals surface area contributed by atoms with E-state index < -0.39 is 5.97 Å². The van der Waals surface area contributed by atoms with Crippen molar-refractivity contribution in [2.24, 2.45) is 17.0 Å². The first-order valence-electron chi connectivity index (χ1n) is 3.46. The van der Waals surface area contributed by atoms with Crippen molar-refractivity contribution < 1.29 is 15.1 Å². The predicted octanol–water partition coefficient (Wildman–Crippen LogP) is 1.19. The molecule has 0 spiro atoms. The average molecular weight is 159 g/mol. The van der Waals surface area contributed by atoms with Crippen molar-refractivity contribution in [3.05, 3.63) is 0 Å². The maximum absolute atomic E-state index is 10.4. The molecule has 1 atom stereocenters. The van der Waals surface area contributed by atoms with Gasteiger partial charge in [-0.15, -0.1) is 0 Å². The fourth-order valence-electron chi connectivity index (χ4n) is 0.644. The Hall–Kier alpha value is -1.06. The van der Waals surface area contributed by atoms with Gasteiger partial charge in [0.05, 0.1) is 0 Å². The molecule has 2 N–H and O–H groups in total. The van der Waals surface area contributed by atoms with E-state index in [1.165, 1.54) is 0 Å². The monoisotopic (exact) mass is 159 g/mol. The fraction of sp³-hybridized carbons (Fsp3) is 0.714. The first kappa shape index (κ1) is 9.94. The molecule has 0 aromatic rings. The molecule has 0 aromatic heterocycles. The molecule has 4 heteroatoms. The smallest absolute Gasteiger partial charge is 0.353 e. The Balaban J connectivity index is 4.41. The van der Waals surface area contributed by atoms with E-state index in [1.54, 1.807) is 6.92 Å². The van der Waals surface area contributed by atoms with Gasteiger partial charge in [0, 0.05) is 5.92 Å². The molecule has 0 bridgehead atoms. The molecule has 0 heterocycles. The highest BCUT2D eigenvalue weighted by Crippen LogP contribution is 2.11. The van der Waals surface area contributed by atoms with Crippen LogP contribution in [0.4, 0.5) is 0 Å². The van der Waals surface area contributed by atoms with Gasteiger partial charge in [0.15, 0.2) is 5.71 Å². The van der Waals surface area contributed by atoms with Gasteiger partial charge in [0.1, 0.15) is 0 Å². The zero-order valence-electron chi connectivity index (χ0n) is 6.90. The third-order valence-corrected chi connectivity index (χ3v) is 1.76. The summed E-state index contributed by atoms with van der Waals surface area (Å²) in [6.45, 7) is 5.46. The summed E-state index contributed by atoms with van der Waals surface area (Å²) < 4.78 is 0. The van der Waals surface area contributed by atoms with Crippen LogP contribution < -0.4 is 0 Å². The Kier molecular flexibility index (Phi) is 3.57. The van der Waals surface area contributed by atoms with Crippen LogP contribution in [0.2, 0.25) is 0 Å². The van der Waals surface area contributed by atoms with Crippen molar-refractivity contribution >= 4 is 11.7 Å². The quantitative estimate of drug-likeness (QED) is 0.369. The second-order valence-electron chi connectivity index (χ2n) is 2.82. The Morgan fingerprint density at radius 1 is 1.36 bits per heavy atom. The summed E-state index contributed by atoms with van der Waals surface area (Å²) in [6.07, 6.45) is 0. The molecular weight excluding hydrogens is 146 g/mol. The number of oxime groups is 1. The van der Waals surface area contributed by atoms with E-state index >= 15 is 0 Å². The van der Waals surface area contributed by atoms with Crippen LogP contribution in [-0.2, 0) is 4.79 Å². The van der Waals surface area contributed by atoms with E-state index in [2.05, 4.69) is 5.16 Å². The number of carboxylic acids is 1. The lowest BCUT2D eigenvalue weighted by molar-refractivity contribution is -0.129. The van der Waals surface area contributed by atoms with Crippen LogP contribution in [0, 0.1) is 11.8 Å². The third-order valence-electron chi connectivity index (χ3n) is 1.76. The summed E-state index contributed by atoms with van der Waals surface area (Å²) >= 11 is 0. The van der Waals surface area contributed by atoms with Gasteiger partial charge in [-0.1, -0.05) is 25.9 Å². The molecule has 0 aliphatic carbocycles. The first-order valence-corrected chi connectivity index (χ1v) is 3.46. The lowest BCUT2D eigenvalue weighted by atomic mass is 9.93. The van der Waals surface area contributed by atoms with E-state index in [1.807, 2.05) is 13.8 Å². The lowest BCUT2D eigenvalue weighted by Crippen LogP contribution is -2.25. The van der Waals surface area contributed by atoms with Gasteiger partial charge in [-0.25, -0.2) is 4.79 Å². The third kappa shape index (κ3) is 2.57. The Labute approximate surface area is 65.5 Å². The minimum Gasteiger partial charge on any atom is -0.477 e. The fourth-order valence-corrected chi connectivity index (χ4v) is 0.644. The summed E-state index contributed by atoms with van der Waals surface area (Å²) in [5, 5.41) is 19.6. The van der Waals surface area contributed by atoms with Crippen LogP contribution in [0.1, 0.15) is 20.8 Å². The first-order chi connectivity index (χ1) is 5.00. The minimum absolute atomic E-state index is 0.164. The SMILES string of the molecule is CC(C)C(C)/C(=N/O)C(=O)O. The number of hydrogen-bond donors (Lipinski definition) is 2. The molecule has 4 nitrogen and oxygen atoms in total. The van der Waals surface area contributed by atoms with Crippen LogP contribution in [0.3, 0.4) is 0 Å². The molecule has 0 amide bonds. The van der Waals surface area contributed by atoms with Gasteiger partial charge in [-0.05, 0) is 5.92 Å². The topological polar surface area (TPSA) is 69.9 Å². The molecule has 64 valence electrons. The lowest BCUT2D eigenvalue weighted by Gasteiger charge is -2.12. The van der Waals surface area contributed by atoms with Crippen molar-refractivity contribution in [2.75, 3.05) is 0 Å². The van der Waals surface area contributed by atoms with Crippen molar-refractivity contribution in [2.45, 2.75) is 20.8 Å². The van der Waals surface area contributed by atoms with Crippen molar-refractivity contribution in [1.29, 1.82) is 0 Å². The maximum Gasteiger partial charge on any atom is 0.353 e. The molecule has 1 unspecified atom stereocenters. The molecule has 0 aromatic carbocycles. The van der Waals surface area contributed by atoms with Crippen LogP contribution >= 0.6 is 0 Å². The zero-order chi connectivity index (χ0) is 9.02. The molecule has 0 aliphatic rings.